The van der Waals surface area contributed by atoms with E-state index in [9.17, 15) is 0 Å². The number of morpholine rings is 1. The molecule has 7 nitrogen and oxygen atoms in total. The quantitative estimate of drug-likeness (QED) is 0.527. The summed E-state index contributed by atoms with van der Waals surface area (Å²) in [4.78, 5) is 19.1. The van der Waals surface area contributed by atoms with Gasteiger partial charge >= 0.3 is 0 Å². The van der Waals surface area contributed by atoms with Crippen molar-refractivity contribution in [2.75, 3.05) is 36.5 Å². The highest BCUT2D eigenvalue weighted by Crippen LogP contribution is 2.31. The lowest BCUT2D eigenvalue weighted by Crippen LogP contribution is -2.37. The van der Waals surface area contributed by atoms with Gasteiger partial charge in [-0.25, -0.2) is 9.97 Å². The van der Waals surface area contributed by atoms with Crippen molar-refractivity contribution < 1.29 is 4.74 Å². The van der Waals surface area contributed by atoms with E-state index in [0.29, 0.717) is 24.2 Å². The standard InChI is InChI=1S/C21H19ClN6O/c22-15-2-4-16(5-3-15)26-20-17(14-1-6-18-19(11-14)25-13-24-18)12-23-21(27-20)28-7-9-29-10-8-28/h1-6,11-13H,7-10H2,(H,24,25)(H,23,26,27). The second kappa shape index (κ2) is 7.69. The van der Waals surface area contributed by atoms with Crippen LogP contribution in [0.5, 0.6) is 0 Å². The highest BCUT2D eigenvalue weighted by Gasteiger charge is 2.17. The summed E-state index contributed by atoms with van der Waals surface area (Å²) in [6.45, 7) is 2.92. The largest absolute Gasteiger partial charge is 0.378 e. The molecule has 5 rings (SSSR count). The minimum atomic E-state index is 0.681. The van der Waals surface area contributed by atoms with Crippen LogP contribution in [0.15, 0.2) is 55.0 Å². The van der Waals surface area contributed by atoms with Gasteiger partial charge in [0.25, 0.3) is 0 Å². The fraction of sp³-hybridized carbons (Fsp3) is 0.190. The lowest BCUT2D eigenvalue weighted by molar-refractivity contribution is 0.122. The first-order valence-corrected chi connectivity index (χ1v) is 9.80. The Morgan fingerprint density at radius 2 is 1.86 bits per heavy atom. The molecule has 2 aromatic carbocycles. The average molecular weight is 407 g/mol. The van der Waals surface area contributed by atoms with Crippen LogP contribution >= 0.6 is 11.6 Å². The normalized spacial score (nSPS) is 14.3. The van der Waals surface area contributed by atoms with Gasteiger partial charge in [0.15, 0.2) is 0 Å². The summed E-state index contributed by atoms with van der Waals surface area (Å²) in [6.07, 6.45) is 3.56. The van der Waals surface area contributed by atoms with E-state index in [2.05, 4.69) is 25.2 Å². The predicted octanol–water partition coefficient (Wildman–Crippen LogP) is 4.25. The van der Waals surface area contributed by atoms with Gasteiger partial charge in [0.05, 0.1) is 30.6 Å². The third-order valence-corrected chi connectivity index (χ3v) is 5.16. The monoisotopic (exact) mass is 406 g/mol. The number of nitrogens with one attached hydrogen (secondary N) is 2. The van der Waals surface area contributed by atoms with Gasteiger partial charge in [0, 0.05) is 35.6 Å². The van der Waals surface area contributed by atoms with Crippen LogP contribution in [0.1, 0.15) is 0 Å². The molecule has 8 heteroatoms. The number of hydrogen-bond acceptors (Lipinski definition) is 6. The van der Waals surface area contributed by atoms with Crippen LogP contribution in [-0.4, -0.2) is 46.2 Å². The zero-order valence-corrected chi connectivity index (χ0v) is 16.4. The topological polar surface area (TPSA) is 79.0 Å². The van der Waals surface area contributed by atoms with Crippen molar-refractivity contribution in [1.29, 1.82) is 0 Å². The average Bonchev–Trinajstić information content (AvgIpc) is 3.24. The summed E-state index contributed by atoms with van der Waals surface area (Å²) in [5.41, 5.74) is 4.70. The zero-order valence-electron chi connectivity index (χ0n) is 15.6. The molecule has 1 fully saturated rings. The Hall–Kier alpha value is -3.16. The molecule has 0 spiro atoms. The van der Waals surface area contributed by atoms with E-state index in [1.54, 1.807) is 6.33 Å². The Morgan fingerprint density at radius 3 is 2.69 bits per heavy atom. The lowest BCUT2D eigenvalue weighted by atomic mass is 10.1. The lowest BCUT2D eigenvalue weighted by Gasteiger charge is -2.27. The highest BCUT2D eigenvalue weighted by atomic mass is 35.5. The van der Waals surface area contributed by atoms with Crippen molar-refractivity contribution in [1.82, 2.24) is 19.9 Å². The van der Waals surface area contributed by atoms with Gasteiger partial charge in [-0.3, -0.25) is 0 Å². The molecule has 3 heterocycles. The maximum absolute atomic E-state index is 6.03. The summed E-state index contributed by atoms with van der Waals surface area (Å²) in [7, 11) is 0. The molecular weight excluding hydrogens is 388 g/mol. The minimum absolute atomic E-state index is 0.681. The second-order valence-corrected chi connectivity index (χ2v) is 7.23. The molecular formula is C21H19ClN6O. The molecule has 1 aliphatic rings. The number of H-pyrrole nitrogens is 1. The first-order chi connectivity index (χ1) is 14.3. The first-order valence-electron chi connectivity index (χ1n) is 9.42. The number of halogens is 1. The van der Waals surface area contributed by atoms with Crippen molar-refractivity contribution in [2.45, 2.75) is 0 Å². The number of anilines is 3. The van der Waals surface area contributed by atoms with Crippen LogP contribution in [0, 0.1) is 0 Å². The predicted molar refractivity (Wildman–Crippen MR) is 115 cm³/mol. The molecule has 0 atom stereocenters. The molecule has 0 unspecified atom stereocenters. The van der Waals surface area contributed by atoms with Crippen molar-refractivity contribution in [2.24, 2.45) is 0 Å². The molecule has 2 N–H and O–H groups in total. The number of hydrogen-bond donors (Lipinski definition) is 2. The van der Waals surface area contributed by atoms with E-state index in [1.165, 1.54) is 0 Å². The van der Waals surface area contributed by atoms with Gasteiger partial charge in [-0.2, -0.15) is 4.98 Å². The summed E-state index contributed by atoms with van der Waals surface area (Å²) in [6, 6.07) is 13.7. The molecule has 1 aliphatic heterocycles. The van der Waals surface area contributed by atoms with Crippen LogP contribution in [-0.2, 0) is 4.74 Å². The molecule has 0 bridgehead atoms. The second-order valence-electron chi connectivity index (χ2n) is 6.80. The number of benzene rings is 2. The van der Waals surface area contributed by atoms with Crippen molar-refractivity contribution in [3.05, 3.63) is 60.0 Å². The Morgan fingerprint density at radius 1 is 1.03 bits per heavy atom. The Kier molecular flexibility index (Phi) is 4.75. The molecule has 29 heavy (non-hydrogen) atoms. The third kappa shape index (κ3) is 3.74. The van der Waals surface area contributed by atoms with E-state index in [1.807, 2.05) is 48.7 Å². The molecule has 0 saturated carbocycles. The van der Waals surface area contributed by atoms with Gasteiger partial charge in [-0.15, -0.1) is 0 Å². The van der Waals surface area contributed by atoms with E-state index in [0.717, 1.165) is 46.8 Å². The highest BCUT2D eigenvalue weighted by molar-refractivity contribution is 6.30. The fourth-order valence-corrected chi connectivity index (χ4v) is 3.49. The molecule has 1 saturated heterocycles. The molecule has 0 amide bonds. The summed E-state index contributed by atoms with van der Waals surface area (Å²) in [5.74, 6) is 1.42. The summed E-state index contributed by atoms with van der Waals surface area (Å²) in [5, 5.41) is 4.11. The zero-order chi connectivity index (χ0) is 19.6. The first kappa shape index (κ1) is 17.9. The van der Waals surface area contributed by atoms with E-state index >= 15 is 0 Å². The van der Waals surface area contributed by atoms with Gasteiger partial charge in [-0.1, -0.05) is 17.7 Å². The number of nitrogens with zero attached hydrogens (tertiary/aromatic N) is 4. The minimum Gasteiger partial charge on any atom is -0.378 e. The number of ether oxygens (including phenoxy) is 1. The third-order valence-electron chi connectivity index (χ3n) is 4.91. The summed E-state index contributed by atoms with van der Waals surface area (Å²) >= 11 is 6.03. The van der Waals surface area contributed by atoms with Crippen molar-refractivity contribution in [3.63, 3.8) is 0 Å². The van der Waals surface area contributed by atoms with Gasteiger partial charge in [-0.05, 0) is 42.0 Å². The van der Waals surface area contributed by atoms with Crippen LogP contribution in [0.4, 0.5) is 17.5 Å². The van der Waals surface area contributed by atoms with Crippen LogP contribution in [0.3, 0.4) is 0 Å². The van der Waals surface area contributed by atoms with Crippen LogP contribution in [0.2, 0.25) is 5.02 Å². The number of rotatable bonds is 4. The Bertz CT molecular complexity index is 1140. The SMILES string of the molecule is Clc1ccc(Nc2nc(N3CCOCC3)ncc2-c2ccc3[nH]cnc3c2)cc1. The van der Waals surface area contributed by atoms with E-state index in [4.69, 9.17) is 21.3 Å². The summed E-state index contributed by atoms with van der Waals surface area (Å²) < 4.78 is 5.45. The fourth-order valence-electron chi connectivity index (χ4n) is 3.36. The van der Waals surface area contributed by atoms with Crippen molar-refractivity contribution >= 4 is 40.1 Å². The Balaban J connectivity index is 1.57. The van der Waals surface area contributed by atoms with E-state index < -0.39 is 0 Å². The maximum atomic E-state index is 6.03. The smallest absolute Gasteiger partial charge is 0.227 e. The number of fused-ring (bicyclic) bond motifs is 1. The van der Waals surface area contributed by atoms with Gasteiger partial charge < -0.3 is 19.9 Å². The maximum Gasteiger partial charge on any atom is 0.227 e. The number of imidazole rings is 1. The molecule has 0 aliphatic carbocycles. The van der Waals surface area contributed by atoms with Crippen LogP contribution in [0.25, 0.3) is 22.2 Å². The number of aromatic amines is 1. The molecule has 146 valence electrons. The number of aromatic nitrogens is 4. The van der Waals surface area contributed by atoms with Crippen molar-refractivity contribution in [3.8, 4) is 11.1 Å². The molecule has 4 aromatic rings. The van der Waals surface area contributed by atoms with Gasteiger partial charge in [0.2, 0.25) is 5.95 Å². The van der Waals surface area contributed by atoms with Crippen LogP contribution < -0.4 is 10.2 Å². The van der Waals surface area contributed by atoms with E-state index in [-0.39, 0.29) is 0 Å². The van der Waals surface area contributed by atoms with Gasteiger partial charge in [0.1, 0.15) is 5.82 Å². The molecule has 0 radical (unpaired) electrons. The molecule has 2 aromatic heterocycles. The Labute approximate surface area is 172 Å².